The van der Waals surface area contributed by atoms with E-state index in [1.54, 1.807) is 0 Å². The molecule has 1 heterocycles. The highest BCUT2D eigenvalue weighted by molar-refractivity contribution is 8.00. The second kappa shape index (κ2) is 5.97. The molecule has 104 valence electrons. The molecule has 1 aromatic carbocycles. The summed E-state index contributed by atoms with van der Waals surface area (Å²) < 4.78 is 0.399. The second-order valence-corrected chi connectivity index (χ2v) is 7.55. The summed E-state index contributed by atoms with van der Waals surface area (Å²) in [4.78, 5) is 2.50. The van der Waals surface area contributed by atoms with Gasteiger partial charge in [-0.3, -0.25) is 10.3 Å². The third-order valence-corrected chi connectivity index (χ3v) is 4.95. The predicted molar refractivity (Wildman–Crippen MR) is 83.9 cm³/mol. The normalized spacial score (nSPS) is 19.9. The first kappa shape index (κ1) is 14.4. The van der Waals surface area contributed by atoms with Crippen LogP contribution in [-0.2, 0) is 6.54 Å². The van der Waals surface area contributed by atoms with Gasteiger partial charge in [-0.05, 0) is 24.6 Å². The maximum Gasteiger partial charge on any atom is 0.122 e. The van der Waals surface area contributed by atoms with Crippen LogP contribution in [0.3, 0.4) is 0 Å². The zero-order chi connectivity index (χ0) is 13.9. The Bertz CT molecular complexity index is 456. The SMILES string of the molecule is CC1(C)CCN(Cc2cccc(C(=N)N)c2)CCS1. The average molecular weight is 277 g/mol. The molecule has 3 N–H and O–H groups in total. The number of benzene rings is 1. The number of rotatable bonds is 3. The molecule has 0 aliphatic carbocycles. The van der Waals surface area contributed by atoms with Crippen LogP contribution in [0.1, 0.15) is 31.4 Å². The van der Waals surface area contributed by atoms with Crippen LogP contribution in [0.4, 0.5) is 0 Å². The van der Waals surface area contributed by atoms with Gasteiger partial charge in [0, 0.05) is 29.2 Å². The van der Waals surface area contributed by atoms with E-state index in [1.807, 2.05) is 18.2 Å². The lowest BCUT2D eigenvalue weighted by atomic mass is 10.1. The van der Waals surface area contributed by atoms with Crippen LogP contribution in [0, 0.1) is 5.41 Å². The first-order valence-corrected chi connectivity index (χ1v) is 7.74. The Morgan fingerprint density at radius 2 is 2.21 bits per heavy atom. The standard InChI is InChI=1S/C15H23N3S/c1-15(2)6-7-18(8-9-19-15)11-12-4-3-5-13(10-12)14(16)17/h3-5,10H,6-9,11H2,1-2H3,(H3,16,17). The van der Waals surface area contributed by atoms with Crippen LogP contribution in [0.15, 0.2) is 24.3 Å². The first-order valence-electron chi connectivity index (χ1n) is 6.76. The minimum absolute atomic E-state index is 0.148. The molecule has 1 aliphatic rings. The lowest BCUT2D eigenvalue weighted by molar-refractivity contribution is 0.276. The zero-order valence-corrected chi connectivity index (χ0v) is 12.6. The number of thioether (sulfide) groups is 1. The third kappa shape index (κ3) is 4.25. The number of hydrogen-bond acceptors (Lipinski definition) is 3. The number of hydrogen-bond donors (Lipinski definition) is 2. The van der Waals surface area contributed by atoms with Gasteiger partial charge in [0.05, 0.1) is 0 Å². The smallest absolute Gasteiger partial charge is 0.122 e. The van der Waals surface area contributed by atoms with Crippen LogP contribution in [0.5, 0.6) is 0 Å². The van der Waals surface area contributed by atoms with E-state index in [9.17, 15) is 0 Å². The minimum Gasteiger partial charge on any atom is -0.384 e. The molecule has 0 radical (unpaired) electrons. The number of nitrogens with one attached hydrogen (secondary N) is 1. The minimum atomic E-state index is 0.148. The van der Waals surface area contributed by atoms with E-state index >= 15 is 0 Å². The van der Waals surface area contributed by atoms with Gasteiger partial charge in [0.25, 0.3) is 0 Å². The number of nitrogens with two attached hydrogens (primary N) is 1. The van der Waals surface area contributed by atoms with Gasteiger partial charge in [0.15, 0.2) is 0 Å². The largest absolute Gasteiger partial charge is 0.384 e. The molecule has 19 heavy (non-hydrogen) atoms. The zero-order valence-electron chi connectivity index (χ0n) is 11.8. The molecule has 4 heteroatoms. The van der Waals surface area contributed by atoms with Gasteiger partial charge < -0.3 is 5.73 Å². The first-order chi connectivity index (χ1) is 8.96. The summed E-state index contributed by atoms with van der Waals surface area (Å²) in [6.07, 6.45) is 1.23. The molecule has 2 rings (SSSR count). The highest BCUT2D eigenvalue weighted by Gasteiger charge is 2.23. The molecule has 1 aromatic rings. The van der Waals surface area contributed by atoms with E-state index < -0.39 is 0 Å². The van der Waals surface area contributed by atoms with Crippen molar-refractivity contribution in [3.8, 4) is 0 Å². The molecule has 1 saturated heterocycles. The number of nitrogen functional groups attached to an aromatic ring is 1. The van der Waals surface area contributed by atoms with Crippen molar-refractivity contribution in [3.05, 3.63) is 35.4 Å². The Kier molecular flexibility index (Phi) is 4.53. The van der Waals surface area contributed by atoms with Gasteiger partial charge in [-0.25, -0.2) is 0 Å². The molecule has 0 atom stereocenters. The Balaban J connectivity index is 2.01. The van der Waals surface area contributed by atoms with Gasteiger partial charge in [0.2, 0.25) is 0 Å². The molecular formula is C15H23N3S. The summed E-state index contributed by atoms with van der Waals surface area (Å²) in [5, 5.41) is 7.50. The van der Waals surface area contributed by atoms with Gasteiger partial charge in [0.1, 0.15) is 5.84 Å². The van der Waals surface area contributed by atoms with Crippen molar-refractivity contribution >= 4 is 17.6 Å². The topological polar surface area (TPSA) is 53.1 Å². The Morgan fingerprint density at radius 1 is 1.42 bits per heavy atom. The Hall–Kier alpha value is -1.00. The van der Waals surface area contributed by atoms with Crippen LogP contribution in [-0.4, -0.2) is 34.3 Å². The molecule has 1 aliphatic heterocycles. The molecule has 0 bridgehead atoms. The summed E-state index contributed by atoms with van der Waals surface area (Å²) in [7, 11) is 0. The van der Waals surface area contributed by atoms with Crippen LogP contribution in [0.25, 0.3) is 0 Å². The summed E-state index contributed by atoms with van der Waals surface area (Å²) in [6.45, 7) is 7.90. The molecule has 0 aromatic heterocycles. The summed E-state index contributed by atoms with van der Waals surface area (Å²) in [5.74, 6) is 1.34. The Morgan fingerprint density at radius 3 is 2.95 bits per heavy atom. The molecule has 1 fully saturated rings. The van der Waals surface area contributed by atoms with E-state index in [0.717, 1.165) is 25.2 Å². The average Bonchev–Trinajstić information content (AvgIpc) is 2.51. The van der Waals surface area contributed by atoms with Crippen molar-refractivity contribution in [2.24, 2.45) is 5.73 Å². The molecule has 0 unspecified atom stereocenters. The van der Waals surface area contributed by atoms with Gasteiger partial charge in [-0.2, -0.15) is 11.8 Å². The van der Waals surface area contributed by atoms with Crippen molar-refractivity contribution < 1.29 is 0 Å². The van der Waals surface area contributed by atoms with E-state index in [2.05, 4.69) is 36.6 Å². The van der Waals surface area contributed by atoms with Gasteiger partial charge >= 0.3 is 0 Å². The maximum absolute atomic E-state index is 7.50. The predicted octanol–water partition coefficient (Wildman–Crippen LogP) is 2.69. The monoisotopic (exact) mass is 277 g/mol. The van der Waals surface area contributed by atoms with Crippen LogP contribution < -0.4 is 5.73 Å². The van der Waals surface area contributed by atoms with E-state index in [4.69, 9.17) is 11.1 Å². The van der Waals surface area contributed by atoms with E-state index in [-0.39, 0.29) is 5.84 Å². The van der Waals surface area contributed by atoms with Crippen molar-refractivity contribution in [3.63, 3.8) is 0 Å². The fourth-order valence-corrected chi connectivity index (χ4v) is 3.45. The highest BCUT2D eigenvalue weighted by atomic mass is 32.2. The molecule has 0 amide bonds. The number of amidine groups is 1. The summed E-state index contributed by atoms with van der Waals surface area (Å²) in [5.41, 5.74) is 7.61. The van der Waals surface area contributed by atoms with E-state index in [1.165, 1.54) is 17.7 Å². The van der Waals surface area contributed by atoms with Crippen molar-refractivity contribution in [1.82, 2.24) is 4.90 Å². The third-order valence-electron chi connectivity index (χ3n) is 3.57. The number of nitrogens with zero attached hydrogens (tertiary/aromatic N) is 1. The quantitative estimate of drug-likeness (QED) is 0.660. The fourth-order valence-electron chi connectivity index (χ4n) is 2.32. The summed E-state index contributed by atoms with van der Waals surface area (Å²) >= 11 is 2.07. The van der Waals surface area contributed by atoms with Gasteiger partial charge in [-0.15, -0.1) is 0 Å². The van der Waals surface area contributed by atoms with Crippen LogP contribution >= 0.6 is 11.8 Å². The molecule has 3 nitrogen and oxygen atoms in total. The highest BCUT2D eigenvalue weighted by Crippen LogP contribution is 2.31. The fraction of sp³-hybridized carbons (Fsp3) is 0.533. The van der Waals surface area contributed by atoms with Crippen molar-refractivity contribution in [2.45, 2.75) is 31.6 Å². The lowest BCUT2D eigenvalue weighted by Crippen LogP contribution is -2.27. The molecular weight excluding hydrogens is 254 g/mol. The molecule has 0 saturated carbocycles. The van der Waals surface area contributed by atoms with Crippen molar-refractivity contribution in [2.75, 3.05) is 18.8 Å². The Labute approximate surface area is 120 Å². The van der Waals surface area contributed by atoms with E-state index in [0.29, 0.717) is 4.75 Å². The second-order valence-electron chi connectivity index (χ2n) is 5.75. The van der Waals surface area contributed by atoms with Crippen LogP contribution in [0.2, 0.25) is 0 Å². The summed E-state index contributed by atoms with van der Waals surface area (Å²) in [6, 6.07) is 8.04. The maximum atomic E-state index is 7.50. The van der Waals surface area contributed by atoms with Crippen molar-refractivity contribution in [1.29, 1.82) is 5.41 Å². The van der Waals surface area contributed by atoms with Gasteiger partial charge in [-0.1, -0.05) is 32.0 Å². The lowest BCUT2D eigenvalue weighted by Gasteiger charge is -2.22. The molecule has 0 spiro atoms.